The Morgan fingerprint density at radius 3 is 2.46 bits per heavy atom. The van der Waals surface area contributed by atoms with Gasteiger partial charge < -0.3 is 46.7 Å². The van der Waals surface area contributed by atoms with Gasteiger partial charge in [0.1, 0.15) is 36.4 Å². The van der Waals surface area contributed by atoms with Crippen LogP contribution in [-0.2, 0) is 40.0 Å². The van der Waals surface area contributed by atoms with Crippen molar-refractivity contribution in [3.8, 4) is 0 Å². The number of fused-ring (bicyclic) bond motifs is 3. The molecule has 262 valence electrons. The number of aliphatic hydroxyl groups is 1. The Balaban J connectivity index is 1.67. The van der Waals surface area contributed by atoms with E-state index < -0.39 is 77.8 Å². The van der Waals surface area contributed by atoms with Crippen molar-refractivity contribution in [3.05, 3.63) is 18.2 Å². The molecule has 3 aliphatic heterocycles. The van der Waals surface area contributed by atoms with Gasteiger partial charge in [0.15, 0.2) is 5.96 Å². The number of carboxylic acid groups (broad SMARTS) is 1. The summed E-state index contributed by atoms with van der Waals surface area (Å²) in [5.41, 5.74) is 6.13. The lowest BCUT2D eigenvalue weighted by Gasteiger charge is -2.31. The Morgan fingerprint density at radius 2 is 1.77 bits per heavy atom. The van der Waals surface area contributed by atoms with Crippen LogP contribution in [0.3, 0.4) is 0 Å². The minimum atomic E-state index is -1.46. The van der Waals surface area contributed by atoms with Crippen LogP contribution in [-0.4, -0.2) is 127 Å². The number of nitrogens with one attached hydrogen (secondary N) is 5. The standard InChI is InChI=1S/C29H42N10O9/c1-15(40)34-29(30)32-9-3-6-18-27(47)38-10-4-7-20(38)25(45)37-19-12-22(41)39(28(19)48)21(11-16-13-31-14-33-16)26(46)35-17(24(44)36-18)5-2-8-23(42)43/h13-14,17-22,41H,2-12H2,1H3,(H,31,33)(H,35,46)(H,36,44)(H,37,45)(H,42,43)(H3,30,32,34,40)/t17-,18-,19+,20+,21-,22+/m0/s1. The average Bonchev–Trinajstić information content (AvgIpc) is 3.77. The van der Waals surface area contributed by atoms with Crippen LogP contribution >= 0.6 is 0 Å². The van der Waals surface area contributed by atoms with E-state index >= 15 is 0 Å². The van der Waals surface area contributed by atoms with Gasteiger partial charge in [-0.15, -0.1) is 0 Å². The number of nitrogens with zero attached hydrogens (tertiary/aromatic N) is 4. The Bertz CT molecular complexity index is 1420. The first-order valence-corrected chi connectivity index (χ1v) is 15.8. The zero-order valence-corrected chi connectivity index (χ0v) is 26.5. The van der Waals surface area contributed by atoms with Crippen LogP contribution in [0, 0.1) is 0 Å². The van der Waals surface area contributed by atoms with Crippen molar-refractivity contribution in [2.75, 3.05) is 13.1 Å². The lowest BCUT2D eigenvalue weighted by molar-refractivity contribution is -0.147. The first-order valence-electron chi connectivity index (χ1n) is 15.8. The predicted molar refractivity (Wildman–Crippen MR) is 165 cm³/mol. The van der Waals surface area contributed by atoms with Crippen molar-refractivity contribution in [1.82, 2.24) is 41.0 Å². The Labute approximate surface area is 275 Å². The van der Waals surface area contributed by atoms with E-state index in [-0.39, 0.29) is 64.0 Å². The number of carbonyl (C=O) groups excluding carboxylic acids is 6. The van der Waals surface area contributed by atoms with Crippen molar-refractivity contribution in [2.24, 2.45) is 10.7 Å². The normalized spacial score (nSPS) is 27.0. The number of aliphatic carboxylic acids is 1. The number of aromatic nitrogens is 2. The highest BCUT2D eigenvalue weighted by Gasteiger charge is 2.48. The molecular weight excluding hydrogens is 632 g/mol. The summed E-state index contributed by atoms with van der Waals surface area (Å²) in [6.45, 7) is 1.56. The fourth-order valence-electron chi connectivity index (χ4n) is 6.17. The largest absolute Gasteiger partial charge is 0.481 e. The zero-order chi connectivity index (χ0) is 35.0. The number of aromatic amines is 1. The smallest absolute Gasteiger partial charge is 0.303 e. The van der Waals surface area contributed by atoms with Gasteiger partial charge in [-0.05, 0) is 38.5 Å². The second kappa shape index (κ2) is 16.2. The van der Waals surface area contributed by atoms with Gasteiger partial charge in [-0.1, -0.05) is 0 Å². The molecule has 6 amide bonds. The third kappa shape index (κ3) is 9.05. The van der Waals surface area contributed by atoms with Crippen LogP contribution in [0.4, 0.5) is 0 Å². The van der Waals surface area contributed by atoms with Crippen LogP contribution < -0.4 is 27.0 Å². The number of rotatable bonds is 10. The second-order valence-corrected chi connectivity index (χ2v) is 12.0. The maximum Gasteiger partial charge on any atom is 0.303 e. The Hall–Kier alpha value is -5.07. The second-order valence-electron chi connectivity index (χ2n) is 12.0. The zero-order valence-electron chi connectivity index (χ0n) is 26.5. The number of nitrogens with two attached hydrogens (primary N) is 1. The minimum Gasteiger partial charge on any atom is -0.481 e. The highest BCUT2D eigenvalue weighted by atomic mass is 16.4. The number of aliphatic imine (C=N–C) groups is 1. The van der Waals surface area contributed by atoms with E-state index in [1.165, 1.54) is 24.3 Å². The van der Waals surface area contributed by atoms with E-state index in [4.69, 9.17) is 5.73 Å². The molecule has 1 aromatic rings. The number of imidazole rings is 1. The predicted octanol–water partition coefficient (Wildman–Crippen LogP) is -3.18. The maximum absolute atomic E-state index is 13.9. The number of aliphatic hydroxyl groups excluding tert-OH is 1. The lowest BCUT2D eigenvalue weighted by atomic mass is 10.0. The first-order chi connectivity index (χ1) is 22.8. The molecule has 3 fully saturated rings. The van der Waals surface area contributed by atoms with E-state index in [9.17, 15) is 43.8 Å². The van der Waals surface area contributed by atoms with Crippen molar-refractivity contribution < 1.29 is 43.8 Å². The molecule has 0 aliphatic carbocycles. The molecule has 19 nitrogen and oxygen atoms in total. The molecule has 0 unspecified atom stereocenters. The molecule has 2 bridgehead atoms. The number of carboxylic acids is 1. The highest BCUT2D eigenvalue weighted by Crippen LogP contribution is 2.25. The van der Waals surface area contributed by atoms with E-state index in [0.717, 1.165) is 4.90 Å². The number of amides is 6. The molecule has 0 radical (unpaired) electrons. The number of hydrogen-bond acceptors (Lipinski definition) is 10. The van der Waals surface area contributed by atoms with Gasteiger partial charge in [-0.2, -0.15) is 0 Å². The fourth-order valence-corrected chi connectivity index (χ4v) is 6.17. The highest BCUT2D eigenvalue weighted by molar-refractivity contribution is 5.99. The van der Waals surface area contributed by atoms with E-state index in [0.29, 0.717) is 18.5 Å². The van der Waals surface area contributed by atoms with E-state index in [1.54, 1.807) is 0 Å². The molecule has 19 heteroatoms. The quantitative estimate of drug-likeness (QED) is 0.0695. The molecule has 3 saturated heterocycles. The summed E-state index contributed by atoms with van der Waals surface area (Å²) in [5, 5.41) is 30.5. The average molecular weight is 675 g/mol. The molecular formula is C29H42N10O9. The van der Waals surface area contributed by atoms with Crippen LogP contribution in [0.2, 0.25) is 0 Å². The monoisotopic (exact) mass is 674 g/mol. The van der Waals surface area contributed by atoms with Gasteiger partial charge in [0, 0.05) is 51.2 Å². The van der Waals surface area contributed by atoms with E-state index in [1.807, 2.05) is 0 Å². The molecule has 48 heavy (non-hydrogen) atoms. The molecule has 4 heterocycles. The summed E-state index contributed by atoms with van der Waals surface area (Å²) in [7, 11) is 0. The Kier molecular flexibility index (Phi) is 12.0. The molecule has 6 atom stereocenters. The summed E-state index contributed by atoms with van der Waals surface area (Å²) < 4.78 is 0. The Morgan fingerprint density at radius 1 is 1.04 bits per heavy atom. The van der Waals surface area contributed by atoms with Crippen LogP contribution in [0.25, 0.3) is 0 Å². The van der Waals surface area contributed by atoms with Crippen LogP contribution in [0.5, 0.6) is 0 Å². The number of carbonyl (C=O) groups is 7. The van der Waals surface area contributed by atoms with Crippen LogP contribution in [0.1, 0.15) is 64.0 Å². The van der Waals surface area contributed by atoms with Gasteiger partial charge in [0.2, 0.25) is 35.4 Å². The molecule has 4 rings (SSSR count). The first kappa shape index (κ1) is 35.8. The molecule has 0 aromatic carbocycles. The van der Waals surface area contributed by atoms with Gasteiger partial charge in [-0.25, -0.2) is 4.98 Å². The van der Waals surface area contributed by atoms with Gasteiger partial charge in [-0.3, -0.25) is 43.9 Å². The van der Waals surface area contributed by atoms with Crippen LogP contribution in [0.15, 0.2) is 17.5 Å². The third-order valence-corrected chi connectivity index (χ3v) is 8.45. The maximum atomic E-state index is 13.9. The fraction of sp³-hybridized carbons (Fsp3) is 0.621. The van der Waals surface area contributed by atoms with Crippen molar-refractivity contribution >= 4 is 47.4 Å². The summed E-state index contributed by atoms with van der Waals surface area (Å²) >= 11 is 0. The van der Waals surface area contributed by atoms with E-state index in [2.05, 4.69) is 36.2 Å². The number of H-pyrrole nitrogens is 1. The topological polar surface area (TPSA) is 282 Å². The van der Waals surface area contributed by atoms with Gasteiger partial charge >= 0.3 is 5.97 Å². The molecule has 1 aromatic heterocycles. The lowest BCUT2D eigenvalue weighted by Crippen LogP contribution is -2.58. The minimum absolute atomic E-state index is 0.00532. The third-order valence-electron chi connectivity index (χ3n) is 8.45. The van der Waals surface area contributed by atoms with Gasteiger partial charge in [0.05, 0.1) is 6.33 Å². The number of guanidine groups is 1. The van der Waals surface area contributed by atoms with Crippen molar-refractivity contribution in [3.63, 3.8) is 0 Å². The molecule has 0 spiro atoms. The van der Waals surface area contributed by atoms with Gasteiger partial charge in [0.25, 0.3) is 0 Å². The summed E-state index contributed by atoms with van der Waals surface area (Å²) in [5.74, 6) is -5.14. The number of hydrogen-bond donors (Lipinski definition) is 8. The molecule has 9 N–H and O–H groups in total. The van der Waals surface area contributed by atoms with Crippen molar-refractivity contribution in [2.45, 2.75) is 101 Å². The summed E-state index contributed by atoms with van der Waals surface area (Å²) in [6.07, 6.45) is 1.63. The SMILES string of the molecule is CC(=O)NC(N)=NCCC[C@@H]1NC(=O)[C@H](CCCC(=O)O)NC(=O)[C@H](Cc2cnc[nH]2)N2C(=O)[C@@H](C[C@H]2O)NC(=O)[C@H]2CCCN2C1=O. The molecule has 0 saturated carbocycles. The molecule has 3 aliphatic rings. The summed E-state index contributed by atoms with van der Waals surface area (Å²) in [4.78, 5) is 104. The summed E-state index contributed by atoms with van der Waals surface area (Å²) in [6, 6.07) is -5.98. The van der Waals surface area contributed by atoms with Crippen molar-refractivity contribution in [1.29, 1.82) is 0 Å².